The summed E-state index contributed by atoms with van der Waals surface area (Å²) in [5, 5.41) is 0.573. The van der Waals surface area contributed by atoms with Crippen LogP contribution in [-0.2, 0) is 6.42 Å². The van der Waals surface area contributed by atoms with Crippen molar-refractivity contribution in [2.75, 3.05) is 46.0 Å². The molecule has 188 valence electrons. The smallest absolute Gasteiger partial charge is 0.251 e. The number of H-pyrrole nitrogens is 1. The molecule has 10 heteroatoms. The number of halogens is 6. The van der Waals surface area contributed by atoms with Gasteiger partial charge in [0, 0.05) is 66.4 Å². The molecule has 1 unspecified atom stereocenters. The molecule has 2 aliphatic rings. The average molecular weight is 497 g/mol. The van der Waals surface area contributed by atoms with E-state index in [-0.39, 0.29) is 37.1 Å². The number of nitrogens with zero attached hydrogens (tertiary/aromatic N) is 2. The fourth-order valence-corrected chi connectivity index (χ4v) is 5.17. The van der Waals surface area contributed by atoms with E-state index in [2.05, 4.69) is 4.98 Å². The lowest BCUT2D eigenvalue weighted by Crippen LogP contribution is -2.49. The summed E-state index contributed by atoms with van der Waals surface area (Å²) in [6.45, 7) is 1.03. The first-order valence-corrected chi connectivity index (χ1v) is 11.6. The van der Waals surface area contributed by atoms with E-state index in [4.69, 9.17) is 4.74 Å². The number of ether oxygens (including phenoxy) is 1. The van der Waals surface area contributed by atoms with Gasteiger partial charge < -0.3 is 9.72 Å². The van der Waals surface area contributed by atoms with Crippen molar-refractivity contribution in [2.45, 2.75) is 18.9 Å². The molecule has 0 saturated carbocycles. The predicted octanol–water partition coefficient (Wildman–Crippen LogP) is 5.08. The van der Waals surface area contributed by atoms with Crippen molar-refractivity contribution >= 4 is 10.9 Å². The highest BCUT2D eigenvalue weighted by molar-refractivity contribution is 5.85. The van der Waals surface area contributed by atoms with Gasteiger partial charge in [-0.3, -0.25) is 14.2 Å². The van der Waals surface area contributed by atoms with Gasteiger partial charge in [-0.05, 0) is 30.2 Å². The van der Waals surface area contributed by atoms with E-state index in [1.165, 1.54) is 23.1 Å². The lowest BCUT2D eigenvalue weighted by atomic mass is 9.91. The minimum Gasteiger partial charge on any atom is -0.492 e. The SMILES string of the molecule is FCC1CN(CCOc2cc(F)c(C3c4[nH]c5ccc(F)cc5c4CCN3CC(F)F)c(F)c2)C1. The molecule has 1 atom stereocenters. The number of fused-ring (bicyclic) bond motifs is 3. The molecular formula is C25H25F6N3O. The van der Waals surface area contributed by atoms with Crippen LogP contribution in [0.15, 0.2) is 30.3 Å². The summed E-state index contributed by atoms with van der Waals surface area (Å²) in [6, 6.07) is 5.10. The fourth-order valence-electron chi connectivity index (χ4n) is 5.17. The van der Waals surface area contributed by atoms with Crippen molar-refractivity contribution in [2.24, 2.45) is 5.92 Å². The summed E-state index contributed by atoms with van der Waals surface area (Å²) in [7, 11) is 0. The summed E-state index contributed by atoms with van der Waals surface area (Å²) in [6.07, 6.45) is -2.36. The number of aromatic amines is 1. The largest absolute Gasteiger partial charge is 0.492 e. The first-order valence-electron chi connectivity index (χ1n) is 11.6. The van der Waals surface area contributed by atoms with E-state index in [1.807, 2.05) is 4.90 Å². The number of hydrogen-bond acceptors (Lipinski definition) is 3. The van der Waals surface area contributed by atoms with E-state index < -0.39 is 36.5 Å². The van der Waals surface area contributed by atoms with E-state index in [9.17, 15) is 17.6 Å². The Bertz CT molecular complexity index is 1190. The summed E-state index contributed by atoms with van der Waals surface area (Å²) in [5.41, 5.74) is 1.25. The van der Waals surface area contributed by atoms with Crippen LogP contribution in [0.3, 0.4) is 0 Å². The number of hydrogen-bond donors (Lipinski definition) is 1. The van der Waals surface area contributed by atoms with Gasteiger partial charge in [0.2, 0.25) is 0 Å². The fraction of sp³-hybridized carbons (Fsp3) is 0.440. The lowest BCUT2D eigenvalue weighted by Gasteiger charge is -2.37. The first-order chi connectivity index (χ1) is 16.8. The molecule has 0 amide bonds. The third kappa shape index (κ3) is 4.73. The summed E-state index contributed by atoms with van der Waals surface area (Å²) in [5.74, 6) is -2.27. The molecule has 1 aromatic heterocycles. The zero-order valence-corrected chi connectivity index (χ0v) is 18.8. The van der Waals surface area contributed by atoms with Crippen LogP contribution in [0.5, 0.6) is 5.75 Å². The van der Waals surface area contributed by atoms with Gasteiger partial charge in [0.25, 0.3) is 6.43 Å². The Morgan fingerprint density at radius 2 is 1.80 bits per heavy atom. The number of nitrogens with one attached hydrogen (secondary N) is 1. The first kappa shape index (κ1) is 24.0. The minimum atomic E-state index is -2.70. The Labute approximate surface area is 198 Å². The topological polar surface area (TPSA) is 31.5 Å². The van der Waals surface area contributed by atoms with E-state index in [0.29, 0.717) is 48.2 Å². The number of rotatable bonds is 8. The third-order valence-corrected chi connectivity index (χ3v) is 6.81. The van der Waals surface area contributed by atoms with Gasteiger partial charge in [0.05, 0.1) is 19.3 Å². The van der Waals surface area contributed by atoms with Crippen LogP contribution in [0, 0.1) is 23.4 Å². The van der Waals surface area contributed by atoms with Crippen molar-refractivity contribution in [3.05, 3.63) is 64.6 Å². The third-order valence-electron chi connectivity index (χ3n) is 6.81. The maximum absolute atomic E-state index is 15.3. The zero-order valence-electron chi connectivity index (χ0n) is 18.8. The molecule has 0 bridgehead atoms. The van der Waals surface area contributed by atoms with Crippen LogP contribution >= 0.6 is 0 Å². The second-order valence-corrected chi connectivity index (χ2v) is 9.17. The number of alkyl halides is 3. The molecule has 0 spiro atoms. The van der Waals surface area contributed by atoms with Crippen molar-refractivity contribution < 1.29 is 31.1 Å². The second kappa shape index (κ2) is 9.73. The molecule has 35 heavy (non-hydrogen) atoms. The van der Waals surface area contributed by atoms with Gasteiger partial charge in [0.15, 0.2) is 0 Å². The highest BCUT2D eigenvalue weighted by Gasteiger charge is 2.36. The summed E-state index contributed by atoms with van der Waals surface area (Å²) < 4.78 is 89.3. The minimum absolute atomic E-state index is 0.0125. The summed E-state index contributed by atoms with van der Waals surface area (Å²) in [4.78, 5) is 6.40. The Morgan fingerprint density at radius 1 is 1.06 bits per heavy atom. The lowest BCUT2D eigenvalue weighted by molar-refractivity contribution is 0.0661. The van der Waals surface area contributed by atoms with Gasteiger partial charge >= 0.3 is 0 Å². The molecule has 2 aromatic carbocycles. The molecule has 4 nitrogen and oxygen atoms in total. The average Bonchev–Trinajstić information content (AvgIpc) is 3.13. The van der Waals surface area contributed by atoms with E-state index >= 15 is 8.78 Å². The van der Waals surface area contributed by atoms with Gasteiger partial charge in [0.1, 0.15) is 29.8 Å². The Hall–Kier alpha value is -2.72. The molecule has 1 fully saturated rings. The van der Waals surface area contributed by atoms with E-state index in [0.717, 1.165) is 12.1 Å². The summed E-state index contributed by atoms with van der Waals surface area (Å²) >= 11 is 0. The highest BCUT2D eigenvalue weighted by atomic mass is 19.3. The van der Waals surface area contributed by atoms with Crippen molar-refractivity contribution in [3.63, 3.8) is 0 Å². The monoisotopic (exact) mass is 497 g/mol. The Morgan fingerprint density at radius 3 is 2.49 bits per heavy atom. The second-order valence-electron chi connectivity index (χ2n) is 9.17. The van der Waals surface area contributed by atoms with Crippen LogP contribution in [0.1, 0.15) is 22.9 Å². The van der Waals surface area contributed by atoms with Crippen molar-refractivity contribution in [3.8, 4) is 5.75 Å². The molecule has 0 radical (unpaired) electrons. The Kier molecular flexibility index (Phi) is 6.67. The van der Waals surface area contributed by atoms with Crippen molar-refractivity contribution in [1.29, 1.82) is 0 Å². The molecule has 1 saturated heterocycles. The van der Waals surface area contributed by atoms with Gasteiger partial charge in [-0.25, -0.2) is 22.0 Å². The predicted molar refractivity (Wildman–Crippen MR) is 119 cm³/mol. The standard InChI is InChI=1S/C25H25F6N3O/c26-10-14-11-33(12-14)5-6-35-16-8-19(28)23(20(29)9-16)25-24-17(3-4-34(25)13-22(30)31)18-7-15(27)1-2-21(18)32-24/h1-2,7-9,14,22,25,32H,3-6,10-13H2. The van der Waals surface area contributed by atoms with Gasteiger partial charge in [-0.15, -0.1) is 0 Å². The van der Waals surface area contributed by atoms with E-state index in [1.54, 1.807) is 0 Å². The maximum atomic E-state index is 15.3. The molecular weight excluding hydrogens is 472 g/mol. The Balaban J connectivity index is 1.44. The molecule has 0 aliphatic carbocycles. The maximum Gasteiger partial charge on any atom is 0.251 e. The molecule has 2 aliphatic heterocycles. The van der Waals surface area contributed by atoms with Crippen LogP contribution < -0.4 is 4.74 Å². The highest BCUT2D eigenvalue weighted by Crippen LogP contribution is 2.41. The number of benzene rings is 2. The van der Waals surface area contributed by atoms with Crippen molar-refractivity contribution in [1.82, 2.24) is 14.8 Å². The van der Waals surface area contributed by atoms with Crippen LogP contribution in [0.25, 0.3) is 10.9 Å². The number of aromatic nitrogens is 1. The normalized spacial score (nSPS) is 19.3. The molecule has 5 rings (SSSR count). The van der Waals surface area contributed by atoms with Gasteiger partial charge in [-0.1, -0.05) is 0 Å². The van der Waals surface area contributed by atoms with Gasteiger partial charge in [-0.2, -0.15) is 0 Å². The van der Waals surface area contributed by atoms with Crippen LogP contribution in [0.2, 0.25) is 0 Å². The molecule has 3 aromatic rings. The molecule has 3 heterocycles. The van der Waals surface area contributed by atoms with Crippen LogP contribution in [0.4, 0.5) is 26.3 Å². The van der Waals surface area contributed by atoms with Crippen LogP contribution in [-0.4, -0.2) is 67.2 Å². The zero-order chi connectivity index (χ0) is 24.7. The quantitative estimate of drug-likeness (QED) is 0.441. The number of likely N-dealkylation sites (tertiary alicyclic amines) is 1. The molecule has 1 N–H and O–H groups in total.